The van der Waals surface area contributed by atoms with Gasteiger partial charge in [0.05, 0.1) is 37.6 Å². The standard InChI is InChI=1S/C22H30N10O11P2/c1-9-14(33)10(41-21(9)31-7-29-12-17(23)25-5-27-19(12)31)2-3-44(36,37)43-45(38,39)40-4-11-15(34)16(35)22(42-11)32-8-30-13-18(24)26-6-28-20(13)32/h5-11,14-16,21-22,33-35H,2-4H2,1H3,(H,36,37)(H,38,39)(H2,23,25,27)(H2,24,26,28)/p-1/t9-,10-,11-,14+,15-,16-,21?,22-/m1/s1. The van der Waals surface area contributed by atoms with Gasteiger partial charge in [0.2, 0.25) is 0 Å². The first kappa shape index (κ1) is 31.8. The number of nitrogen functional groups attached to an aromatic ring is 2. The van der Waals surface area contributed by atoms with Gasteiger partial charge in [0.1, 0.15) is 48.2 Å². The smallest absolute Gasteiger partial charge is 0.334 e. The number of aromatic nitrogens is 8. The Kier molecular flexibility index (Phi) is 8.38. The minimum absolute atomic E-state index is 0.0698. The van der Waals surface area contributed by atoms with Gasteiger partial charge >= 0.3 is 7.60 Å². The third-order valence-electron chi connectivity index (χ3n) is 7.66. The van der Waals surface area contributed by atoms with Crippen molar-refractivity contribution in [1.29, 1.82) is 0 Å². The van der Waals surface area contributed by atoms with E-state index in [4.69, 9.17) is 25.5 Å². The molecule has 0 aromatic carbocycles. The van der Waals surface area contributed by atoms with Gasteiger partial charge in [-0.3, -0.25) is 18.3 Å². The van der Waals surface area contributed by atoms with E-state index in [0.29, 0.717) is 11.2 Å². The highest BCUT2D eigenvalue weighted by atomic mass is 31.3. The molecule has 2 fully saturated rings. The van der Waals surface area contributed by atoms with Crippen LogP contribution in [0.5, 0.6) is 0 Å². The fourth-order valence-corrected chi connectivity index (χ4v) is 8.01. The number of hydrogen-bond donors (Lipinski definition) is 6. The number of nitrogens with zero attached hydrogens (tertiary/aromatic N) is 8. The molecule has 4 aromatic rings. The number of nitrogens with two attached hydrogens (primary N) is 2. The Morgan fingerprint density at radius 2 is 1.42 bits per heavy atom. The van der Waals surface area contributed by atoms with Crippen molar-refractivity contribution in [2.75, 3.05) is 24.2 Å². The average molecular weight is 671 g/mol. The van der Waals surface area contributed by atoms with Crippen LogP contribution in [0.2, 0.25) is 0 Å². The fraction of sp³-hybridized carbons (Fsp3) is 0.545. The molecule has 3 unspecified atom stereocenters. The number of phosphoric ester groups is 1. The average Bonchev–Trinajstić information content (AvgIpc) is 3.73. The Bertz CT molecular complexity index is 1680. The van der Waals surface area contributed by atoms with Gasteiger partial charge in [-0.1, -0.05) is 6.92 Å². The second-order valence-electron chi connectivity index (χ2n) is 10.6. The highest BCUT2D eigenvalue weighted by molar-refractivity contribution is 7.63. The second-order valence-corrected chi connectivity index (χ2v) is 14.1. The Balaban J connectivity index is 1.04. The maximum Gasteiger partial charge on any atom is 0.334 e. The van der Waals surface area contributed by atoms with E-state index in [2.05, 4.69) is 34.2 Å². The topological polar surface area (TPSA) is 314 Å². The third kappa shape index (κ3) is 6.05. The summed E-state index contributed by atoms with van der Waals surface area (Å²) in [5.41, 5.74) is 12.7. The summed E-state index contributed by atoms with van der Waals surface area (Å²) in [6.45, 7) is 0.829. The lowest BCUT2D eigenvalue weighted by Crippen LogP contribution is -2.34. The van der Waals surface area contributed by atoms with E-state index in [1.54, 1.807) is 11.5 Å². The van der Waals surface area contributed by atoms with Crippen LogP contribution in [0.25, 0.3) is 22.3 Å². The minimum Gasteiger partial charge on any atom is -0.756 e. The Hall–Kier alpha value is -3.20. The fourth-order valence-electron chi connectivity index (χ4n) is 5.33. The van der Waals surface area contributed by atoms with E-state index in [-0.39, 0.29) is 29.2 Å². The van der Waals surface area contributed by atoms with Crippen molar-refractivity contribution >= 4 is 49.4 Å². The molecule has 0 amide bonds. The molecule has 4 aromatic heterocycles. The van der Waals surface area contributed by atoms with E-state index in [9.17, 15) is 34.2 Å². The Morgan fingerprint density at radius 3 is 2.02 bits per heavy atom. The molecule has 2 aliphatic rings. The van der Waals surface area contributed by atoms with Gasteiger partial charge < -0.3 is 50.6 Å². The summed E-state index contributed by atoms with van der Waals surface area (Å²) in [5.74, 6) is -0.291. The van der Waals surface area contributed by atoms with Crippen LogP contribution in [0.1, 0.15) is 25.8 Å². The van der Waals surface area contributed by atoms with Crippen LogP contribution in [-0.4, -0.2) is 103 Å². The lowest BCUT2D eigenvalue weighted by atomic mass is 10.0. The molecule has 45 heavy (non-hydrogen) atoms. The van der Waals surface area contributed by atoms with Crippen LogP contribution in [0, 0.1) is 5.92 Å². The van der Waals surface area contributed by atoms with Gasteiger partial charge in [0, 0.05) is 5.92 Å². The number of rotatable bonds is 10. The quantitative estimate of drug-likeness (QED) is 0.104. The number of hydrogen-bond acceptors (Lipinski definition) is 18. The van der Waals surface area contributed by atoms with E-state index < -0.39 is 77.1 Å². The number of ether oxygens (including phenoxy) is 2. The van der Waals surface area contributed by atoms with Crippen molar-refractivity contribution in [1.82, 2.24) is 39.0 Å². The van der Waals surface area contributed by atoms with E-state index in [1.165, 1.54) is 29.9 Å². The van der Waals surface area contributed by atoms with Crippen molar-refractivity contribution in [2.24, 2.45) is 5.92 Å². The van der Waals surface area contributed by atoms with Gasteiger partial charge in [-0.05, 0) is 6.42 Å². The number of imidazole rings is 2. The maximum absolute atomic E-state index is 12.7. The lowest BCUT2D eigenvalue weighted by molar-refractivity contribution is -0.220. The highest BCUT2D eigenvalue weighted by Crippen LogP contribution is 2.58. The zero-order valence-corrected chi connectivity index (χ0v) is 25.1. The molecule has 8 N–H and O–H groups in total. The van der Waals surface area contributed by atoms with Crippen LogP contribution >= 0.6 is 15.4 Å². The predicted molar refractivity (Wildman–Crippen MR) is 148 cm³/mol. The highest BCUT2D eigenvalue weighted by Gasteiger charge is 2.46. The molecule has 10 atom stereocenters. The lowest BCUT2D eigenvalue weighted by Gasteiger charge is -2.27. The van der Waals surface area contributed by atoms with Crippen molar-refractivity contribution < 1.29 is 52.5 Å². The zero-order chi connectivity index (χ0) is 32.3. The number of aliphatic hydroxyl groups excluding tert-OH is 3. The van der Waals surface area contributed by atoms with Gasteiger partial charge in [-0.15, -0.1) is 0 Å². The molecule has 23 heteroatoms. The largest absolute Gasteiger partial charge is 0.756 e. The number of fused-ring (bicyclic) bond motifs is 2. The predicted octanol–water partition coefficient (Wildman–Crippen LogP) is -1.58. The molecular weight excluding hydrogens is 642 g/mol. The SMILES string of the molecule is C[C@H]1C(n2cnc3c(N)ncnc32)O[C@H](CCP(=O)(O)OP(=O)([O-])OC[C@H]2O[C@@H](n3cnc4c(N)ncnc43)[C@H](O)[C@@H]2O)[C@H]1O. The summed E-state index contributed by atoms with van der Waals surface area (Å²) < 4.78 is 48.8. The summed E-state index contributed by atoms with van der Waals surface area (Å²) in [5, 5.41) is 31.7. The maximum atomic E-state index is 12.7. The van der Waals surface area contributed by atoms with Crippen LogP contribution in [0.3, 0.4) is 0 Å². The first-order chi connectivity index (χ1) is 21.3. The van der Waals surface area contributed by atoms with Crippen molar-refractivity contribution in [3.8, 4) is 0 Å². The minimum atomic E-state index is -5.44. The molecule has 2 aliphatic heterocycles. The molecule has 0 saturated carbocycles. The molecule has 244 valence electrons. The summed E-state index contributed by atoms with van der Waals surface area (Å²) in [7, 11) is -10.3. The molecule has 2 saturated heterocycles. The van der Waals surface area contributed by atoms with E-state index in [1.807, 2.05) is 0 Å². The Labute approximate surface area is 252 Å². The number of anilines is 2. The molecule has 0 bridgehead atoms. The summed E-state index contributed by atoms with van der Waals surface area (Å²) in [6, 6.07) is 0. The van der Waals surface area contributed by atoms with E-state index >= 15 is 0 Å². The number of phosphoric acid groups is 1. The number of aliphatic hydroxyl groups is 3. The van der Waals surface area contributed by atoms with Crippen molar-refractivity contribution in [3.63, 3.8) is 0 Å². The molecule has 21 nitrogen and oxygen atoms in total. The first-order valence-corrected chi connectivity index (χ1v) is 16.7. The summed E-state index contributed by atoms with van der Waals surface area (Å²) in [6.07, 6.45) is -4.56. The van der Waals surface area contributed by atoms with Gasteiger partial charge in [-0.25, -0.2) is 34.2 Å². The summed E-state index contributed by atoms with van der Waals surface area (Å²) in [4.78, 5) is 46.9. The van der Waals surface area contributed by atoms with Crippen molar-refractivity contribution in [2.45, 2.75) is 56.3 Å². The van der Waals surface area contributed by atoms with Gasteiger partial charge in [0.15, 0.2) is 29.2 Å². The molecular formula is C22H29N10O11P2-. The first-order valence-electron chi connectivity index (χ1n) is 13.5. The third-order valence-corrected chi connectivity index (χ3v) is 10.8. The second kappa shape index (κ2) is 11.9. The molecule has 0 radical (unpaired) electrons. The monoisotopic (exact) mass is 671 g/mol. The van der Waals surface area contributed by atoms with Crippen LogP contribution < -0.4 is 16.4 Å². The van der Waals surface area contributed by atoms with E-state index in [0.717, 1.165) is 0 Å². The molecule has 6 heterocycles. The van der Waals surface area contributed by atoms with Crippen LogP contribution in [-0.2, 0) is 27.4 Å². The van der Waals surface area contributed by atoms with Gasteiger partial charge in [0.25, 0.3) is 7.82 Å². The molecule has 0 aliphatic carbocycles. The van der Waals surface area contributed by atoms with Crippen molar-refractivity contribution in [3.05, 3.63) is 25.3 Å². The Morgan fingerprint density at radius 1 is 0.867 bits per heavy atom. The normalized spacial score (nSPS) is 31.4. The molecule has 6 rings (SSSR count). The zero-order valence-electron chi connectivity index (χ0n) is 23.3. The van der Waals surface area contributed by atoms with Crippen LogP contribution in [0.15, 0.2) is 25.3 Å². The molecule has 0 spiro atoms. The van der Waals surface area contributed by atoms with Crippen LogP contribution in [0.4, 0.5) is 11.6 Å². The summed E-state index contributed by atoms with van der Waals surface area (Å²) >= 11 is 0. The van der Waals surface area contributed by atoms with Gasteiger partial charge in [-0.2, -0.15) is 0 Å².